The Balaban J connectivity index is 2.17. The van der Waals surface area contributed by atoms with Gasteiger partial charge in [-0.1, -0.05) is 19.3 Å². The van der Waals surface area contributed by atoms with Crippen LogP contribution in [0.3, 0.4) is 0 Å². The van der Waals surface area contributed by atoms with Crippen molar-refractivity contribution in [3.63, 3.8) is 0 Å². The molecule has 3 nitrogen and oxygen atoms in total. The van der Waals surface area contributed by atoms with E-state index in [0.717, 1.165) is 16.3 Å². The van der Waals surface area contributed by atoms with Gasteiger partial charge in [-0.25, -0.2) is 0 Å². The molecule has 0 amide bonds. The molecule has 1 N–H and O–H groups in total. The topological polar surface area (TPSA) is 48.7 Å². The standard InChI is InChI=1S/C12H17N3S/c1-9-10(8-13)11(16-15-9)14-12(2)6-4-3-5-7-12/h14H,3-7H2,1-2H3. The van der Waals surface area contributed by atoms with Crippen molar-refractivity contribution < 1.29 is 0 Å². The molecule has 1 aliphatic rings. The van der Waals surface area contributed by atoms with E-state index >= 15 is 0 Å². The van der Waals surface area contributed by atoms with Crippen molar-refractivity contribution in [3.05, 3.63) is 11.3 Å². The van der Waals surface area contributed by atoms with Crippen molar-refractivity contribution in [2.45, 2.75) is 51.5 Å². The highest BCUT2D eigenvalue weighted by molar-refractivity contribution is 7.10. The van der Waals surface area contributed by atoms with E-state index in [9.17, 15) is 0 Å². The molecule has 0 aromatic carbocycles. The zero-order valence-corrected chi connectivity index (χ0v) is 10.7. The highest BCUT2D eigenvalue weighted by Gasteiger charge is 2.28. The van der Waals surface area contributed by atoms with Gasteiger partial charge in [-0.3, -0.25) is 0 Å². The average molecular weight is 235 g/mol. The van der Waals surface area contributed by atoms with E-state index in [-0.39, 0.29) is 5.54 Å². The molecule has 1 aromatic rings. The molecular weight excluding hydrogens is 218 g/mol. The van der Waals surface area contributed by atoms with Gasteiger partial charge in [-0.2, -0.15) is 9.64 Å². The average Bonchev–Trinajstić information content (AvgIpc) is 2.59. The molecule has 0 unspecified atom stereocenters. The molecule has 0 bridgehead atoms. The van der Waals surface area contributed by atoms with Gasteiger partial charge in [0.2, 0.25) is 0 Å². The van der Waals surface area contributed by atoms with Crippen LogP contribution in [0.5, 0.6) is 0 Å². The maximum atomic E-state index is 9.08. The van der Waals surface area contributed by atoms with Gasteiger partial charge in [0.25, 0.3) is 0 Å². The van der Waals surface area contributed by atoms with Gasteiger partial charge in [0.05, 0.1) is 5.69 Å². The third kappa shape index (κ3) is 2.19. The first-order valence-electron chi connectivity index (χ1n) is 5.79. The fourth-order valence-corrected chi connectivity index (χ4v) is 3.21. The third-order valence-electron chi connectivity index (χ3n) is 3.35. The number of aryl methyl sites for hydroxylation is 1. The lowest BCUT2D eigenvalue weighted by atomic mass is 9.83. The molecule has 1 fully saturated rings. The lowest BCUT2D eigenvalue weighted by Gasteiger charge is -2.34. The second-order valence-corrected chi connectivity index (χ2v) is 5.60. The zero-order chi connectivity index (χ0) is 11.6. The zero-order valence-electron chi connectivity index (χ0n) is 9.84. The number of rotatable bonds is 2. The van der Waals surface area contributed by atoms with Gasteiger partial charge in [0, 0.05) is 5.54 Å². The van der Waals surface area contributed by atoms with Gasteiger partial charge in [-0.15, -0.1) is 0 Å². The summed E-state index contributed by atoms with van der Waals surface area (Å²) in [6.07, 6.45) is 6.28. The van der Waals surface area contributed by atoms with Gasteiger partial charge < -0.3 is 5.32 Å². The summed E-state index contributed by atoms with van der Waals surface area (Å²) in [5.41, 5.74) is 1.72. The van der Waals surface area contributed by atoms with Crippen LogP contribution in [0.15, 0.2) is 0 Å². The highest BCUT2D eigenvalue weighted by atomic mass is 32.1. The minimum absolute atomic E-state index is 0.156. The van der Waals surface area contributed by atoms with E-state index in [1.165, 1.54) is 43.6 Å². The van der Waals surface area contributed by atoms with E-state index in [2.05, 4.69) is 22.7 Å². The Morgan fingerprint density at radius 1 is 1.38 bits per heavy atom. The Bertz CT molecular complexity index is 410. The lowest BCUT2D eigenvalue weighted by molar-refractivity contribution is 0.350. The number of anilines is 1. The number of hydrogen-bond donors (Lipinski definition) is 1. The molecule has 2 rings (SSSR count). The molecule has 1 aliphatic carbocycles. The summed E-state index contributed by atoms with van der Waals surface area (Å²) >= 11 is 1.41. The van der Waals surface area contributed by atoms with Crippen LogP contribution < -0.4 is 5.32 Å². The monoisotopic (exact) mass is 235 g/mol. The van der Waals surface area contributed by atoms with E-state index in [4.69, 9.17) is 5.26 Å². The molecule has 1 saturated carbocycles. The number of nitrogens with one attached hydrogen (secondary N) is 1. The summed E-state index contributed by atoms with van der Waals surface area (Å²) in [4.78, 5) is 0. The SMILES string of the molecule is Cc1nsc(NC2(C)CCCCC2)c1C#N. The Labute approximate surface area is 101 Å². The normalized spacial score (nSPS) is 19.1. The van der Waals surface area contributed by atoms with Crippen LogP contribution in [0, 0.1) is 18.3 Å². The van der Waals surface area contributed by atoms with Crippen LogP contribution >= 0.6 is 11.5 Å². The lowest BCUT2D eigenvalue weighted by Crippen LogP contribution is -2.36. The summed E-state index contributed by atoms with van der Waals surface area (Å²) in [5.74, 6) is 0. The fourth-order valence-electron chi connectivity index (χ4n) is 2.32. The van der Waals surface area contributed by atoms with Gasteiger partial charge in [0.15, 0.2) is 0 Å². The first kappa shape index (κ1) is 11.4. The van der Waals surface area contributed by atoms with Crippen molar-refractivity contribution in [1.82, 2.24) is 4.37 Å². The van der Waals surface area contributed by atoms with Crippen molar-refractivity contribution in [2.24, 2.45) is 0 Å². The van der Waals surface area contributed by atoms with Crippen molar-refractivity contribution in [1.29, 1.82) is 5.26 Å². The summed E-state index contributed by atoms with van der Waals surface area (Å²) in [7, 11) is 0. The van der Waals surface area contributed by atoms with Crippen LogP contribution in [0.1, 0.15) is 50.3 Å². The fraction of sp³-hybridized carbons (Fsp3) is 0.667. The summed E-state index contributed by atoms with van der Waals surface area (Å²) < 4.78 is 4.24. The van der Waals surface area contributed by atoms with E-state index < -0.39 is 0 Å². The second-order valence-electron chi connectivity index (χ2n) is 4.83. The highest BCUT2D eigenvalue weighted by Crippen LogP contribution is 2.34. The molecule has 4 heteroatoms. The molecule has 0 radical (unpaired) electrons. The summed E-state index contributed by atoms with van der Waals surface area (Å²) in [6.45, 7) is 4.14. The first-order valence-corrected chi connectivity index (χ1v) is 6.56. The first-order chi connectivity index (χ1) is 7.64. The molecule has 86 valence electrons. The largest absolute Gasteiger partial charge is 0.369 e. The second kappa shape index (κ2) is 4.42. The van der Waals surface area contributed by atoms with Gasteiger partial charge >= 0.3 is 0 Å². The molecule has 0 spiro atoms. The minimum atomic E-state index is 0.156. The van der Waals surface area contributed by atoms with E-state index in [1.54, 1.807) is 0 Å². The predicted octanol–water partition coefficient (Wildman–Crippen LogP) is 3.46. The molecule has 0 saturated heterocycles. The van der Waals surface area contributed by atoms with Crippen LogP contribution in [-0.2, 0) is 0 Å². The van der Waals surface area contributed by atoms with Crippen LogP contribution in [0.25, 0.3) is 0 Å². The molecule has 0 aliphatic heterocycles. The van der Waals surface area contributed by atoms with Crippen LogP contribution in [-0.4, -0.2) is 9.91 Å². The Morgan fingerprint density at radius 2 is 2.06 bits per heavy atom. The van der Waals surface area contributed by atoms with E-state index in [0.29, 0.717) is 0 Å². The predicted molar refractivity (Wildman–Crippen MR) is 66.7 cm³/mol. The minimum Gasteiger partial charge on any atom is -0.369 e. The summed E-state index contributed by atoms with van der Waals surface area (Å²) in [5, 5.41) is 13.6. The maximum absolute atomic E-state index is 9.08. The van der Waals surface area contributed by atoms with Crippen molar-refractivity contribution >= 4 is 16.5 Å². The van der Waals surface area contributed by atoms with Crippen molar-refractivity contribution in [3.8, 4) is 6.07 Å². The maximum Gasteiger partial charge on any atom is 0.128 e. The Morgan fingerprint density at radius 3 is 2.69 bits per heavy atom. The van der Waals surface area contributed by atoms with Gasteiger partial charge in [0.1, 0.15) is 16.6 Å². The Hall–Kier alpha value is -1.08. The quantitative estimate of drug-likeness (QED) is 0.854. The van der Waals surface area contributed by atoms with E-state index in [1.807, 2.05) is 6.92 Å². The molecule has 16 heavy (non-hydrogen) atoms. The number of aromatic nitrogens is 1. The number of nitriles is 1. The molecule has 1 aromatic heterocycles. The molecule has 0 atom stereocenters. The third-order valence-corrected chi connectivity index (χ3v) is 4.20. The molecular formula is C12H17N3S. The Kier molecular flexibility index (Phi) is 3.15. The van der Waals surface area contributed by atoms with Crippen molar-refractivity contribution in [2.75, 3.05) is 5.32 Å². The summed E-state index contributed by atoms with van der Waals surface area (Å²) in [6, 6.07) is 2.24. The number of hydrogen-bond acceptors (Lipinski definition) is 4. The molecule has 1 heterocycles. The number of nitrogens with zero attached hydrogens (tertiary/aromatic N) is 2. The van der Waals surface area contributed by atoms with Gasteiger partial charge in [-0.05, 0) is 38.2 Å². The van der Waals surface area contributed by atoms with Crippen LogP contribution in [0.4, 0.5) is 5.00 Å². The smallest absolute Gasteiger partial charge is 0.128 e. The van der Waals surface area contributed by atoms with Crippen LogP contribution in [0.2, 0.25) is 0 Å².